The van der Waals surface area contributed by atoms with Gasteiger partial charge in [-0.1, -0.05) is 24.3 Å². The zero-order valence-electron chi connectivity index (χ0n) is 14.6. The first-order valence-electron chi connectivity index (χ1n) is 8.45. The van der Waals surface area contributed by atoms with E-state index < -0.39 is 10.0 Å². The maximum absolute atomic E-state index is 12.5. The highest BCUT2D eigenvalue weighted by atomic mass is 32.2. The second-order valence-electron chi connectivity index (χ2n) is 6.14. The lowest BCUT2D eigenvalue weighted by molar-refractivity contribution is -0.126. The molecule has 1 fully saturated rings. The molecule has 26 heavy (non-hydrogen) atoms. The largest absolute Gasteiger partial charge is 0.496 e. The van der Waals surface area contributed by atoms with Crippen LogP contribution in [0.5, 0.6) is 5.75 Å². The normalized spacial score (nSPS) is 16.3. The van der Waals surface area contributed by atoms with Crippen molar-refractivity contribution in [1.29, 1.82) is 0 Å². The summed E-state index contributed by atoms with van der Waals surface area (Å²) in [7, 11) is -1.83. The minimum Gasteiger partial charge on any atom is -0.496 e. The molecule has 1 aromatic carbocycles. The van der Waals surface area contributed by atoms with Gasteiger partial charge in [-0.05, 0) is 30.4 Å². The Balaban J connectivity index is 1.54. The molecule has 1 amide bonds. The van der Waals surface area contributed by atoms with E-state index in [9.17, 15) is 13.2 Å². The zero-order chi connectivity index (χ0) is 18.6. The average Bonchev–Trinajstić information content (AvgIpc) is 3.22. The summed E-state index contributed by atoms with van der Waals surface area (Å²) in [6.07, 6.45) is 1.06. The molecule has 0 bridgehead atoms. The van der Waals surface area contributed by atoms with Crippen LogP contribution in [0.1, 0.15) is 18.4 Å². The summed E-state index contributed by atoms with van der Waals surface area (Å²) >= 11 is 1.22. The molecule has 2 aromatic rings. The van der Waals surface area contributed by atoms with Crippen molar-refractivity contribution in [3.8, 4) is 5.75 Å². The molecule has 1 saturated heterocycles. The van der Waals surface area contributed by atoms with Crippen LogP contribution in [0.4, 0.5) is 0 Å². The third-order valence-corrected chi connectivity index (χ3v) is 7.83. The predicted octanol–water partition coefficient (Wildman–Crippen LogP) is 2.47. The van der Waals surface area contributed by atoms with Crippen LogP contribution in [0, 0.1) is 5.92 Å². The van der Waals surface area contributed by atoms with Crippen LogP contribution in [0.25, 0.3) is 0 Å². The molecule has 8 heteroatoms. The van der Waals surface area contributed by atoms with E-state index in [0.29, 0.717) is 36.7 Å². The van der Waals surface area contributed by atoms with Crippen molar-refractivity contribution in [2.75, 3.05) is 20.2 Å². The van der Waals surface area contributed by atoms with E-state index in [2.05, 4.69) is 5.32 Å². The molecule has 140 valence electrons. The number of nitrogens with zero attached hydrogens (tertiary/aromatic N) is 1. The second kappa shape index (κ2) is 8.20. The number of rotatable bonds is 6. The van der Waals surface area contributed by atoms with Crippen molar-refractivity contribution in [2.24, 2.45) is 5.92 Å². The topological polar surface area (TPSA) is 75.7 Å². The van der Waals surface area contributed by atoms with Crippen molar-refractivity contribution >= 4 is 27.3 Å². The number of hydrogen-bond acceptors (Lipinski definition) is 5. The summed E-state index contributed by atoms with van der Waals surface area (Å²) in [5, 5.41) is 4.69. The zero-order valence-corrected chi connectivity index (χ0v) is 16.2. The molecule has 1 aromatic heterocycles. The van der Waals surface area contributed by atoms with Crippen molar-refractivity contribution in [3.05, 3.63) is 47.3 Å². The van der Waals surface area contributed by atoms with Gasteiger partial charge in [0.25, 0.3) is 10.0 Å². The van der Waals surface area contributed by atoms with E-state index in [1.807, 2.05) is 24.3 Å². The standard InChI is InChI=1S/C18H22N2O4S2/c1-24-16-6-3-2-5-15(16)13-19-18(21)14-8-10-20(11-9-14)26(22,23)17-7-4-12-25-17/h2-7,12,14H,8-11,13H2,1H3,(H,19,21). The summed E-state index contributed by atoms with van der Waals surface area (Å²) in [5.41, 5.74) is 0.918. The first-order valence-corrected chi connectivity index (χ1v) is 10.8. The highest BCUT2D eigenvalue weighted by Gasteiger charge is 2.32. The number of piperidine rings is 1. The predicted molar refractivity (Wildman–Crippen MR) is 101 cm³/mol. The van der Waals surface area contributed by atoms with Crippen LogP contribution in [-0.2, 0) is 21.4 Å². The van der Waals surface area contributed by atoms with Gasteiger partial charge in [0.15, 0.2) is 0 Å². The van der Waals surface area contributed by atoms with E-state index >= 15 is 0 Å². The third-order valence-electron chi connectivity index (χ3n) is 4.56. The van der Waals surface area contributed by atoms with Gasteiger partial charge in [0.05, 0.1) is 7.11 Å². The van der Waals surface area contributed by atoms with Crippen LogP contribution in [0.2, 0.25) is 0 Å². The SMILES string of the molecule is COc1ccccc1CNC(=O)C1CCN(S(=O)(=O)c2cccs2)CC1. The first-order chi connectivity index (χ1) is 12.5. The van der Waals surface area contributed by atoms with Crippen molar-refractivity contribution in [1.82, 2.24) is 9.62 Å². The highest BCUT2D eigenvalue weighted by Crippen LogP contribution is 2.26. The molecule has 2 heterocycles. The molecule has 1 N–H and O–H groups in total. The Morgan fingerprint density at radius 1 is 1.23 bits per heavy atom. The summed E-state index contributed by atoms with van der Waals surface area (Å²) in [6, 6.07) is 10.9. The number of carbonyl (C=O) groups excluding carboxylic acids is 1. The molecule has 0 aliphatic carbocycles. The maximum Gasteiger partial charge on any atom is 0.252 e. The van der Waals surface area contributed by atoms with Crippen LogP contribution in [-0.4, -0.2) is 38.8 Å². The van der Waals surface area contributed by atoms with Crippen LogP contribution < -0.4 is 10.1 Å². The van der Waals surface area contributed by atoms with E-state index in [1.54, 1.807) is 24.6 Å². The van der Waals surface area contributed by atoms with Gasteiger partial charge >= 0.3 is 0 Å². The Kier molecular flexibility index (Phi) is 5.95. The summed E-state index contributed by atoms with van der Waals surface area (Å²) in [4.78, 5) is 12.4. The molecule has 0 radical (unpaired) electrons. The number of para-hydroxylation sites is 1. The fourth-order valence-electron chi connectivity index (χ4n) is 3.07. The smallest absolute Gasteiger partial charge is 0.252 e. The summed E-state index contributed by atoms with van der Waals surface area (Å²) < 4.78 is 32.2. The minimum atomic E-state index is -3.43. The number of methoxy groups -OCH3 is 1. The Hall–Kier alpha value is -1.90. The van der Waals surface area contributed by atoms with E-state index in [-0.39, 0.29) is 11.8 Å². The third kappa shape index (κ3) is 4.08. The monoisotopic (exact) mass is 394 g/mol. The molecule has 1 aliphatic rings. The van der Waals surface area contributed by atoms with Gasteiger partial charge in [0, 0.05) is 31.1 Å². The maximum atomic E-state index is 12.5. The quantitative estimate of drug-likeness (QED) is 0.817. The van der Waals surface area contributed by atoms with E-state index in [0.717, 1.165) is 11.3 Å². The van der Waals surface area contributed by atoms with E-state index in [4.69, 9.17) is 4.74 Å². The second-order valence-corrected chi connectivity index (χ2v) is 9.25. The molecule has 3 rings (SSSR count). The minimum absolute atomic E-state index is 0.0379. The average molecular weight is 395 g/mol. The Labute approximate surface area is 157 Å². The van der Waals surface area contributed by atoms with Crippen LogP contribution in [0.3, 0.4) is 0 Å². The summed E-state index contributed by atoms with van der Waals surface area (Å²) in [6.45, 7) is 1.14. The first kappa shape index (κ1) is 18.9. The number of ether oxygens (including phenoxy) is 1. The van der Waals surface area contributed by atoms with Gasteiger partial charge in [-0.3, -0.25) is 4.79 Å². The molecule has 0 unspecified atom stereocenters. The molecule has 0 saturated carbocycles. The van der Waals surface area contributed by atoms with Gasteiger partial charge in [0.2, 0.25) is 5.91 Å². The molecule has 1 aliphatic heterocycles. The Morgan fingerprint density at radius 2 is 1.96 bits per heavy atom. The van der Waals surface area contributed by atoms with Crippen molar-refractivity contribution in [2.45, 2.75) is 23.6 Å². The van der Waals surface area contributed by atoms with Gasteiger partial charge in [-0.2, -0.15) is 4.31 Å². The Morgan fingerprint density at radius 3 is 2.62 bits per heavy atom. The van der Waals surface area contributed by atoms with Crippen molar-refractivity contribution in [3.63, 3.8) is 0 Å². The number of sulfonamides is 1. The lowest BCUT2D eigenvalue weighted by atomic mass is 9.97. The molecular formula is C18H22N2O4S2. The number of nitrogens with one attached hydrogen (secondary N) is 1. The van der Waals surface area contributed by atoms with Gasteiger partial charge in [-0.15, -0.1) is 11.3 Å². The number of benzene rings is 1. The number of hydrogen-bond donors (Lipinski definition) is 1. The van der Waals surface area contributed by atoms with Gasteiger partial charge in [0.1, 0.15) is 9.96 Å². The molecule has 6 nitrogen and oxygen atoms in total. The fourth-order valence-corrected chi connectivity index (χ4v) is 5.69. The fraction of sp³-hybridized carbons (Fsp3) is 0.389. The van der Waals surface area contributed by atoms with Crippen LogP contribution in [0.15, 0.2) is 46.0 Å². The number of carbonyl (C=O) groups is 1. The van der Waals surface area contributed by atoms with Gasteiger partial charge in [-0.25, -0.2) is 8.42 Å². The van der Waals surface area contributed by atoms with Gasteiger partial charge < -0.3 is 10.1 Å². The van der Waals surface area contributed by atoms with Crippen LogP contribution >= 0.6 is 11.3 Å². The number of amides is 1. The summed E-state index contributed by atoms with van der Waals surface area (Å²) in [5.74, 6) is 0.535. The number of thiophene rings is 1. The van der Waals surface area contributed by atoms with Crippen molar-refractivity contribution < 1.29 is 17.9 Å². The lowest BCUT2D eigenvalue weighted by Crippen LogP contribution is -2.42. The highest BCUT2D eigenvalue weighted by molar-refractivity contribution is 7.91. The lowest BCUT2D eigenvalue weighted by Gasteiger charge is -2.30. The molecule has 0 atom stereocenters. The Bertz CT molecular complexity index is 842. The van der Waals surface area contributed by atoms with E-state index in [1.165, 1.54) is 15.6 Å². The molecule has 0 spiro atoms. The molecular weight excluding hydrogens is 372 g/mol.